The summed E-state index contributed by atoms with van der Waals surface area (Å²) in [6.45, 7) is 8.22. The van der Waals surface area contributed by atoms with Crippen molar-refractivity contribution >= 4 is 5.69 Å². The first-order chi connectivity index (χ1) is 16.3. The number of nitrogens with zero attached hydrogens (tertiary/aromatic N) is 4. The Kier molecular flexibility index (Phi) is 6.09. The average Bonchev–Trinajstić information content (AvgIpc) is 2.87. The molecule has 6 heteroatoms. The molecule has 2 saturated heterocycles. The summed E-state index contributed by atoms with van der Waals surface area (Å²) in [7, 11) is 2.29. The molecular formula is C27H37N5O. The van der Waals surface area contributed by atoms with Crippen LogP contribution in [0.4, 0.5) is 5.69 Å². The zero-order chi connectivity index (χ0) is 22.2. The highest BCUT2D eigenvalue weighted by molar-refractivity contribution is 5.58. The van der Waals surface area contributed by atoms with Gasteiger partial charge in [0, 0.05) is 57.2 Å². The molecule has 0 unspecified atom stereocenters. The van der Waals surface area contributed by atoms with E-state index in [2.05, 4.69) is 57.4 Å². The number of likely N-dealkylation sites (N-methyl/N-ethyl adjacent to an activating group) is 1. The van der Waals surface area contributed by atoms with Gasteiger partial charge in [-0.1, -0.05) is 18.2 Å². The molecule has 3 aliphatic heterocycles. The number of piperazine rings is 1. The second-order valence-electron chi connectivity index (χ2n) is 10.3. The van der Waals surface area contributed by atoms with Crippen LogP contribution in [0.3, 0.4) is 0 Å². The summed E-state index contributed by atoms with van der Waals surface area (Å²) in [6, 6.07) is 12.7. The largest absolute Gasteiger partial charge is 0.378 e. The maximum absolute atomic E-state index is 5.79. The molecule has 6 nitrogen and oxygen atoms in total. The number of rotatable bonds is 4. The van der Waals surface area contributed by atoms with Crippen molar-refractivity contribution in [3.05, 3.63) is 58.9 Å². The Balaban J connectivity index is 1.17. The van der Waals surface area contributed by atoms with E-state index in [-0.39, 0.29) is 0 Å². The van der Waals surface area contributed by atoms with Gasteiger partial charge in [0.15, 0.2) is 0 Å². The van der Waals surface area contributed by atoms with Crippen LogP contribution in [-0.2, 0) is 24.1 Å². The molecular weight excluding hydrogens is 410 g/mol. The third-order valence-electron chi connectivity index (χ3n) is 8.26. The fourth-order valence-corrected chi connectivity index (χ4v) is 6.47. The van der Waals surface area contributed by atoms with Gasteiger partial charge in [-0.3, -0.25) is 14.8 Å². The number of aromatic nitrogens is 1. The Morgan fingerprint density at radius 3 is 3.06 bits per heavy atom. The normalized spacial score (nSPS) is 27.7. The molecule has 6 rings (SSSR count). The topological polar surface area (TPSA) is 43.9 Å². The van der Waals surface area contributed by atoms with Crippen LogP contribution in [-0.4, -0.2) is 79.9 Å². The Labute approximate surface area is 197 Å². The Morgan fingerprint density at radius 1 is 1.15 bits per heavy atom. The van der Waals surface area contributed by atoms with E-state index in [0.29, 0.717) is 18.1 Å². The SMILES string of the molecule is CN(C[C@H]1Cc2c(cccc2N2CCN3CCOC[C@H]3C2)CN1)[C@H]1CCCc2cccnc21. The van der Waals surface area contributed by atoms with Crippen molar-refractivity contribution in [1.82, 2.24) is 20.1 Å². The highest BCUT2D eigenvalue weighted by Gasteiger charge is 2.32. The quantitative estimate of drug-likeness (QED) is 0.777. The van der Waals surface area contributed by atoms with Gasteiger partial charge < -0.3 is 15.0 Å². The lowest BCUT2D eigenvalue weighted by molar-refractivity contribution is -0.0117. The van der Waals surface area contributed by atoms with Gasteiger partial charge >= 0.3 is 0 Å². The lowest BCUT2D eigenvalue weighted by Crippen LogP contribution is -2.58. The van der Waals surface area contributed by atoms with Crippen LogP contribution in [0.1, 0.15) is 41.3 Å². The molecule has 1 aromatic heterocycles. The third kappa shape index (κ3) is 4.30. The van der Waals surface area contributed by atoms with Gasteiger partial charge in [-0.25, -0.2) is 0 Å². The lowest BCUT2D eigenvalue weighted by Gasteiger charge is -2.45. The molecule has 1 N–H and O–H groups in total. The molecule has 33 heavy (non-hydrogen) atoms. The monoisotopic (exact) mass is 447 g/mol. The first-order valence-electron chi connectivity index (χ1n) is 12.8. The third-order valence-corrected chi connectivity index (χ3v) is 8.26. The minimum atomic E-state index is 0.438. The van der Waals surface area contributed by atoms with Crippen LogP contribution in [0.15, 0.2) is 36.5 Å². The molecule has 0 saturated carbocycles. The van der Waals surface area contributed by atoms with Crippen LogP contribution < -0.4 is 10.2 Å². The molecule has 176 valence electrons. The molecule has 4 aliphatic rings. The summed E-state index contributed by atoms with van der Waals surface area (Å²) in [4.78, 5) is 12.6. The van der Waals surface area contributed by atoms with Crippen LogP contribution >= 0.6 is 0 Å². The Hall–Kier alpha value is -1.99. The number of fused-ring (bicyclic) bond motifs is 3. The average molecular weight is 448 g/mol. The van der Waals surface area contributed by atoms with Gasteiger partial charge in [-0.15, -0.1) is 0 Å². The molecule has 1 aliphatic carbocycles. The summed E-state index contributed by atoms with van der Waals surface area (Å²) in [5.41, 5.74) is 7.23. The van der Waals surface area contributed by atoms with Gasteiger partial charge in [0.1, 0.15) is 0 Å². The van der Waals surface area contributed by atoms with Crippen molar-refractivity contribution in [1.29, 1.82) is 0 Å². The van der Waals surface area contributed by atoms with E-state index in [9.17, 15) is 0 Å². The van der Waals surface area contributed by atoms with Crippen LogP contribution in [0.2, 0.25) is 0 Å². The predicted octanol–water partition coefficient (Wildman–Crippen LogP) is 2.63. The van der Waals surface area contributed by atoms with E-state index in [1.54, 1.807) is 5.56 Å². The number of morpholine rings is 1. The van der Waals surface area contributed by atoms with Crippen LogP contribution in [0, 0.1) is 0 Å². The van der Waals surface area contributed by atoms with E-state index in [1.165, 1.54) is 41.8 Å². The molecule has 0 radical (unpaired) electrons. The van der Waals surface area contributed by atoms with Crippen molar-refractivity contribution in [3.63, 3.8) is 0 Å². The fraction of sp³-hybridized carbons (Fsp3) is 0.593. The molecule has 2 fully saturated rings. The number of pyridine rings is 1. The predicted molar refractivity (Wildman–Crippen MR) is 132 cm³/mol. The molecule has 1 aromatic carbocycles. The van der Waals surface area contributed by atoms with Crippen molar-refractivity contribution in [2.24, 2.45) is 0 Å². The summed E-state index contributed by atoms with van der Waals surface area (Å²) in [6.07, 6.45) is 6.70. The molecule has 0 amide bonds. The minimum absolute atomic E-state index is 0.438. The number of hydrogen-bond acceptors (Lipinski definition) is 6. The molecule has 3 atom stereocenters. The highest BCUT2D eigenvalue weighted by atomic mass is 16.5. The number of hydrogen-bond donors (Lipinski definition) is 1. The number of benzene rings is 1. The van der Waals surface area contributed by atoms with Crippen molar-refractivity contribution in [2.75, 3.05) is 57.9 Å². The maximum Gasteiger partial charge on any atom is 0.0639 e. The van der Waals surface area contributed by atoms with E-state index in [4.69, 9.17) is 9.72 Å². The first kappa shape index (κ1) is 21.5. The summed E-state index contributed by atoms with van der Waals surface area (Å²) >= 11 is 0. The Morgan fingerprint density at radius 2 is 2.09 bits per heavy atom. The molecule has 2 aromatic rings. The zero-order valence-corrected chi connectivity index (χ0v) is 19.9. The smallest absolute Gasteiger partial charge is 0.0639 e. The number of anilines is 1. The highest BCUT2D eigenvalue weighted by Crippen LogP contribution is 2.34. The van der Waals surface area contributed by atoms with Crippen LogP contribution in [0.25, 0.3) is 0 Å². The number of nitrogens with one attached hydrogen (secondary N) is 1. The standard InChI is InChI=1S/C27H37N5O/c1-30(26-9-2-5-20-7-4-10-28-27(20)26)17-22-15-24-21(16-29-22)6-3-8-25(24)32-12-11-31-13-14-33-19-23(31)18-32/h3-4,6-8,10,22-23,26,29H,2,5,9,11-19H2,1H3/t22-,23-,26+/m1/s1. The summed E-state index contributed by atoms with van der Waals surface area (Å²) < 4.78 is 5.79. The van der Waals surface area contributed by atoms with Crippen molar-refractivity contribution in [3.8, 4) is 0 Å². The lowest BCUT2D eigenvalue weighted by atomic mass is 9.89. The van der Waals surface area contributed by atoms with Gasteiger partial charge in [-0.2, -0.15) is 0 Å². The molecule has 4 heterocycles. The fourth-order valence-electron chi connectivity index (χ4n) is 6.47. The number of aryl methyl sites for hydroxylation is 1. The Bertz CT molecular complexity index is 981. The molecule has 0 spiro atoms. The second-order valence-corrected chi connectivity index (χ2v) is 10.3. The van der Waals surface area contributed by atoms with Gasteiger partial charge in [0.05, 0.1) is 31.0 Å². The zero-order valence-electron chi connectivity index (χ0n) is 19.9. The number of ether oxygens (including phenoxy) is 1. The summed E-state index contributed by atoms with van der Waals surface area (Å²) in [5, 5.41) is 3.84. The van der Waals surface area contributed by atoms with E-state index < -0.39 is 0 Å². The maximum atomic E-state index is 5.79. The first-order valence-corrected chi connectivity index (χ1v) is 12.8. The second kappa shape index (κ2) is 9.34. The van der Waals surface area contributed by atoms with E-state index in [1.807, 2.05) is 6.20 Å². The van der Waals surface area contributed by atoms with E-state index in [0.717, 1.165) is 58.9 Å². The summed E-state index contributed by atoms with van der Waals surface area (Å²) in [5.74, 6) is 0. The molecule has 0 bridgehead atoms. The van der Waals surface area contributed by atoms with Crippen LogP contribution in [0.5, 0.6) is 0 Å². The van der Waals surface area contributed by atoms with Gasteiger partial charge in [0.25, 0.3) is 0 Å². The van der Waals surface area contributed by atoms with E-state index >= 15 is 0 Å². The minimum Gasteiger partial charge on any atom is -0.378 e. The van der Waals surface area contributed by atoms with Crippen molar-refractivity contribution < 1.29 is 4.74 Å². The van der Waals surface area contributed by atoms with Crippen molar-refractivity contribution in [2.45, 2.75) is 50.4 Å². The van der Waals surface area contributed by atoms with Gasteiger partial charge in [0.2, 0.25) is 0 Å². The van der Waals surface area contributed by atoms with Gasteiger partial charge in [-0.05, 0) is 61.6 Å².